The lowest BCUT2D eigenvalue weighted by Crippen LogP contribution is -2.39. The lowest BCUT2D eigenvalue weighted by molar-refractivity contribution is -0.132. The Labute approximate surface area is 211 Å². The number of carbonyl (C=O) groups excluding carboxylic acids is 3. The van der Waals surface area contributed by atoms with E-state index < -0.39 is 17.7 Å². The fourth-order valence-electron chi connectivity index (χ4n) is 4.68. The van der Waals surface area contributed by atoms with Crippen molar-refractivity contribution in [2.24, 2.45) is 0 Å². The summed E-state index contributed by atoms with van der Waals surface area (Å²) in [7, 11) is 1.34. The van der Waals surface area contributed by atoms with Gasteiger partial charge in [0.2, 0.25) is 5.91 Å². The van der Waals surface area contributed by atoms with Crippen molar-refractivity contribution in [2.45, 2.75) is 70.7 Å². The number of esters is 1. The van der Waals surface area contributed by atoms with E-state index in [1.807, 2.05) is 26.8 Å². The van der Waals surface area contributed by atoms with Gasteiger partial charge < -0.3 is 19.3 Å². The van der Waals surface area contributed by atoms with E-state index in [2.05, 4.69) is 0 Å². The molecule has 1 saturated carbocycles. The van der Waals surface area contributed by atoms with Crippen LogP contribution in [0.3, 0.4) is 0 Å². The molecule has 0 saturated heterocycles. The molecule has 2 aromatic rings. The average molecular weight is 497 g/mol. The van der Waals surface area contributed by atoms with Gasteiger partial charge in [0.1, 0.15) is 11.4 Å². The fraction of sp³-hybridized carbons (Fsp3) is 0.464. The number of ether oxygens (including phenoxy) is 2. The van der Waals surface area contributed by atoms with Crippen LogP contribution in [0.1, 0.15) is 73.0 Å². The highest BCUT2D eigenvalue weighted by Crippen LogP contribution is 2.45. The van der Waals surface area contributed by atoms with Gasteiger partial charge in [0.05, 0.1) is 12.7 Å². The minimum Gasteiger partial charge on any atom is -0.465 e. The highest BCUT2D eigenvalue weighted by molar-refractivity contribution is 5.89. The molecule has 8 heteroatoms. The zero-order chi connectivity index (χ0) is 26.0. The first kappa shape index (κ1) is 25.7. The van der Waals surface area contributed by atoms with Gasteiger partial charge in [-0.15, -0.1) is 0 Å². The van der Waals surface area contributed by atoms with Crippen LogP contribution in [0.2, 0.25) is 0 Å². The third-order valence-corrected chi connectivity index (χ3v) is 6.58. The van der Waals surface area contributed by atoms with Gasteiger partial charge in [-0.1, -0.05) is 18.2 Å². The highest BCUT2D eigenvalue weighted by Gasteiger charge is 2.45. The minimum absolute atomic E-state index is 0.000776. The first-order valence-corrected chi connectivity index (χ1v) is 12.3. The summed E-state index contributed by atoms with van der Waals surface area (Å²) < 4.78 is 23.7. The smallest absolute Gasteiger partial charge is 0.410 e. The maximum absolute atomic E-state index is 13.3. The first-order chi connectivity index (χ1) is 17.1. The van der Waals surface area contributed by atoms with Crippen molar-refractivity contribution in [3.8, 4) is 0 Å². The summed E-state index contributed by atoms with van der Waals surface area (Å²) in [5.74, 6) is -0.556. The van der Waals surface area contributed by atoms with Gasteiger partial charge in [0.25, 0.3) is 0 Å². The number of fused-ring (bicyclic) bond motifs is 1. The summed E-state index contributed by atoms with van der Waals surface area (Å²) in [5, 5.41) is 0. The third kappa shape index (κ3) is 6.04. The molecule has 2 aromatic carbocycles. The molecule has 2 amide bonds. The molecule has 7 nitrogen and oxygen atoms in total. The molecule has 4 rings (SSSR count). The van der Waals surface area contributed by atoms with Crippen molar-refractivity contribution in [3.05, 3.63) is 70.5 Å². The Morgan fingerprint density at radius 1 is 1.06 bits per heavy atom. The lowest BCUT2D eigenvalue weighted by atomic mass is 10.1. The molecule has 2 atom stereocenters. The predicted octanol–water partition coefficient (Wildman–Crippen LogP) is 5.03. The monoisotopic (exact) mass is 496 g/mol. The number of methoxy groups -OCH3 is 1. The molecule has 1 heterocycles. The number of amides is 2. The van der Waals surface area contributed by atoms with Crippen LogP contribution in [0, 0.1) is 5.82 Å². The summed E-state index contributed by atoms with van der Waals surface area (Å²) in [4.78, 5) is 41.2. The number of carbonyl (C=O) groups is 3. The quantitative estimate of drug-likeness (QED) is 0.503. The molecule has 0 aromatic heterocycles. The van der Waals surface area contributed by atoms with Crippen LogP contribution in [-0.4, -0.2) is 53.1 Å². The molecule has 0 N–H and O–H groups in total. The number of benzene rings is 2. The van der Waals surface area contributed by atoms with E-state index in [4.69, 9.17) is 9.47 Å². The molecule has 2 aliphatic rings. The summed E-state index contributed by atoms with van der Waals surface area (Å²) >= 11 is 0. The molecular weight excluding hydrogens is 463 g/mol. The number of nitrogens with zero attached hydrogens (tertiary/aromatic N) is 2. The molecule has 0 bridgehead atoms. The van der Waals surface area contributed by atoms with Crippen molar-refractivity contribution >= 4 is 18.0 Å². The van der Waals surface area contributed by atoms with Crippen molar-refractivity contribution in [2.75, 3.05) is 13.7 Å². The van der Waals surface area contributed by atoms with Crippen LogP contribution in [0.5, 0.6) is 0 Å². The molecular formula is C28H33FN2O5. The normalized spacial score (nSPS) is 18.4. The van der Waals surface area contributed by atoms with Gasteiger partial charge in [0, 0.05) is 38.0 Å². The molecule has 1 aliphatic carbocycles. The van der Waals surface area contributed by atoms with E-state index in [9.17, 15) is 18.8 Å². The van der Waals surface area contributed by atoms with E-state index in [0.717, 1.165) is 23.1 Å². The summed E-state index contributed by atoms with van der Waals surface area (Å²) in [6, 6.07) is 11.7. The van der Waals surface area contributed by atoms with E-state index in [-0.39, 0.29) is 23.7 Å². The van der Waals surface area contributed by atoms with Crippen molar-refractivity contribution < 1.29 is 28.2 Å². The second-order valence-electron chi connectivity index (χ2n) is 10.5. The number of hydrogen-bond donors (Lipinski definition) is 0. The number of rotatable bonds is 7. The Morgan fingerprint density at radius 3 is 2.42 bits per heavy atom. The lowest BCUT2D eigenvalue weighted by Gasteiger charge is -2.28. The Kier molecular flexibility index (Phi) is 7.33. The Bertz CT molecular complexity index is 1140. The van der Waals surface area contributed by atoms with Crippen LogP contribution in [-0.2, 0) is 27.4 Å². The van der Waals surface area contributed by atoms with Gasteiger partial charge in [-0.2, -0.15) is 0 Å². The van der Waals surface area contributed by atoms with Crippen molar-refractivity contribution in [1.82, 2.24) is 9.80 Å². The predicted molar refractivity (Wildman–Crippen MR) is 132 cm³/mol. The van der Waals surface area contributed by atoms with Gasteiger partial charge >= 0.3 is 12.1 Å². The van der Waals surface area contributed by atoms with Crippen molar-refractivity contribution in [3.63, 3.8) is 0 Å². The molecule has 36 heavy (non-hydrogen) atoms. The molecule has 0 radical (unpaired) electrons. The molecule has 0 spiro atoms. The summed E-state index contributed by atoms with van der Waals surface area (Å²) in [6.45, 7) is 6.83. The van der Waals surface area contributed by atoms with Crippen molar-refractivity contribution in [1.29, 1.82) is 0 Å². The number of halogens is 1. The SMILES string of the molecule is COC(=O)c1ccc2c(c1)CN(C(=O)CCCN(C(=O)OC(C)(C)C)C1CC1c1ccc(F)cc1)C2. The average Bonchev–Trinajstić information content (AvgIpc) is 3.48. The van der Waals surface area contributed by atoms with Crippen LogP contribution >= 0.6 is 0 Å². The maximum atomic E-state index is 13.3. The Hall–Kier alpha value is -3.42. The van der Waals surface area contributed by atoms with Gasteiger partial charge in [-0.05, 0) is 74.6 Å². The number of hydrogen-bond acceptors (Lipinski definition) is 5. The molecule has 2 unspecified atom stereocenters. The first-order valence-electron chi connectivity index (χ1n) is 12.3. The summed E-state index contributed by atoms with van der Waals surface area (Å²) in [5.41, 5.74) is 2.80. The minimum atomic E-state index is -0.629. The zero-order valence-electron chi connectivity index (χ0n) is 21.3. The second kappa shape index (κ2) is 10.3. The Balaban J connectivity index is 1.35. The van der Waals surface area contributed by atoms with E-state index in [1.54, 1.807) is 34.1 Å². The van der Waals surface area contributed by atoms with E-state index in [0.29, 0.717) is 38.0 Å². The van der Waals surface area contributed by atoms with Gasteiger partial charge in [-0.3, -0.25) is 4.79 Å². The van der Waals surface area contributed by atoms with Gasteiger partial charge in [0.15, 0.2) is 0 Å². The fourth-order valence-corrected chi connectivity index (χ4v) is 4.68. The van der Waals surface area contributed by atoms with E-state index >= 15 is 0 Å². The molecule has 1 fully saturated rings. The standard InChI is InChI=1S/C28H33FN2O5/c1-28(2,3)36-27(34)31(24-15-23(24)18-9-11-22(29)12-10-18)13-5-6-25(32)30-16-20-8-7-19(26(33)35-4)14-21(20)17-30/h7-12,14,23-24H,5-6,13,15-17H2,1-4H3. The van der Waals surface area contributed by atoms with E-state index in [1.165, 1.54) is 19.2 Å². The molecule has 192 valence electrons. The third-order valence-electron chi connectivity index (χ3n) is 6.58. The zero-order valence-corrected chi connectivity index (χ0v) is 21.3. The Morgan fingerprint density at radius 2 is 1.75 bits per heavy atom. The highest BCUT2D eigenvalue weighted by atomic mass is 19.1. The summed E-state index contributed by atoms with van der Waals surface area (Å²) in [6.07, 6.45) is 1.19. The second-order valence-corrected chi connectivity index (χ2v) is 10.5. The topological polar surface area (TPSA) is 76.2 Å². The molecule has 1 aliphatic heterocycles. The van der Waals surface area contributed by atoms with Crippen LogP contribution in [0.25, 0.3) is 0 Å². The maximum Gasteiger partial charge on any atom is 0.410 e. The largest absolute Gasteiger partial charge is 0.465 e. The van der Waals surface area contributed by atoms with Crippen LogP contribution < -0.4 is 0 Å². The van der Waals surface area contributed by atoms with Crippen LogP contribution in [0.15, 0.2) is 42.5 Å². The van der Waals surface area contributed by atoms with Gasteiger partial charge in [-0.25, -0.2) is 14.0 Å². The van der Waals surface area contributed by atoms with Crippen LogP contribution in [0.4, 0.5) is 9.18 Å².